The van der Waals surface area contributed by atoms with Crippen molar-refractivity contribution in [1.29, 1.82) is 0 Å². The Bertz CT molecular complexity index is 1040. The molecule has 4 rings (SSSR count). The Morgan fingerprint density at radius 3 is 2.46 bits per heavy atom. The van der Waals surface area contributed by atoms with E-state index in [2.05, 4.69) is 0 Å². The minimum absolute atomic E-state index is 0.269. The number of aryl methyl sites for hydroxylation is 1. The van der Waals surface area contributed by atoms with Crippen molar-refractivity contribution < 1.29 is 14.3 Å². The lowest BCUT2D eigenvalue weighted by atomic mass is 10.0. The first-order chi connectivity index (χ1) is 13.6. The van der Waals surface area contributed by atoms with E-state index in [1.807, 2.05) is 42.5 Å². The number of esters is 1. The van der Waals surface area contributed by atoms with E-state index >= 15 is 0 Å². The van der Waals surface area contributed by atoms with E-state index in [0.29, 0.717) is 11.1 Å². The van der Waals surface area contributed by atoms with Gasteiger partial charge in [-0.15, -0.1) is 0 Å². The van der Waals surface area contributed by atoms with Crippen molar-refractivity contribution in [1.82, 2.24) is 9.88 Å². The molecule has 2 aromatic carbocycles. The van der Waals surface area contributed by atoms with Crippen LogP contribution in [0.3, 0.4) is 0 Å². The van der Waals surface area contributed by atoms with E-state index in [1.165, 1.54) is 4.90 Å². The van der Waals surface area contributed by atoms with Crippen LogP contribution < -0.4 is 0 Å². The molecule has 0 spiro atoms. The van der Waals surface area contributed by atoms with Gasteiger partial charge in [0.05, 0.1) is 11.1 Å². The average molecular weight is 374 g/mol. The predicted octanol–water partition coefficient (Wildman–Crippen LogP) is 3.71. The zero-order valence-electron chi connectivity index (χ0n) is 16.0. The van der Waals surface area contributed by atoms with Crippen LogP contribution in [0.25, 0.3) is 10.9 Å². The molecule has 0 radical (unpaired) electrons. The molecule has 0 fully saturated rings. The third-order valence-electron chi connectivity index (χ3n) is 5.12. The zero-order chi connectivity index (χ0) is 19.7. The Labute approximate surface area is 163 Å². The second kappa shape index (κ2) is 7.43. The van der Waals surface area contributed by atoms with Crippen LogP contribution in [-0.4, -0.2) is 35.9 Å². The van der Waals surface area contributed by atoms with Crippen molar-refractivity contribution in [3.8, 4) is 0 Å². The summed E-state index contributed by atoms with van der Waals surface area (Å²) >= 11 is 0. The number of hydrogen-bond donors (Lipinski definition) is 0. The maximum absolute atomic E-state index is 13.3. The van der Waals surface area contributed by atoms with Gasteiger partial charge in [0.2, 0.25) is 6.10 Å². The maximum Gasteiger partial charge on any atom is 0.340 e. The molecule has 1 aromatic heterocycles. The molecule has 0 saturated carbocycles. The van der Waals surface area contributed by atoms with E-state index < -0.39 is 12.1 Å². The fraction of sp³-hybridized carbons (Fsp3) is 0.261. The first-order valence-corrected chi connectivity index (χ1v) is 9.44. The molecule has 1 unspecified atom stereocenters. The van der Waals surface area contributed by atoms with Crippen LogP contribution in [0.5, 0.6) is 0 Å². The molecular weight excluding hydrogens is 352 g/mol. The van der Waals surface area contributed by atoms with Crippen LogP contribution in [-0.2, 0) is 22.4 Å². The largest absolute Gasteiger partial charge is 0.444 e. The lowest BCUT2D eigenvalue weighted by molar-refractivity contribution is -0.138. The highest BCUT2D eigenvalue weighted by atomic mass is 16.5. The van der Waals surface area contributed by atoms with Gasteiger partial charge in [0, 0.05) is 30.7 Å². The number of amides is 1. The Kier molecular flexibility index (Phi) is 4.82. The maximum atomic E-state index is 13.3. The van der Waals surface area contributed by atoms with Gasteiger partial charge in [0.25, 0.3) is 5.91 Å². The standard InChI is InChI=1S/C23H22N2O3/c1-25(2)22(26)21(15-9-4-3-5-10-15)28-23(27)20-16-11-6-7-13-18(16)24-19-14-8-12-17(19)20/h3-7,9-11,13,21H,8,12,14H2,1-2H3. The molecule has 0 saturated heterocycles. The van der Waals surface area contributed by atoms with Crippen LogP contribution >= 0.6 is 0 Å². The third kappa shape index (κ3) is 3.24. The number of nitrogens with zero attached hydrogens (tertiary/aromatic N) is 2. The SMILES string of the molecule is CN(C)C(=O)C(OC(=O)c1c2c(nc3ccccc13)CCC2)c1ccccc1. The summed E-state index contributed by atoms with van der Waals surface area (Å²) < 4.78 is 5.82. The highest BCUT2D eigenvalue weighted by molar-refractivity contribution is 6.06. The van der Waals surface area contributed by atoms with Crippen LogP contribution in [0.1, 0.15) is 39.7 Å². The van der Waals surface area contributed by atoms with Gasteiger partial charge in [-0.1, -0.05) is 48.5 Å². The molecule has 5 heteroatoms. The summed E-state index contributed by atoms with van der Waals surface area (Å²) in [7, 11) is 3.32. The summed E-state index contributed by atoms with van der Waals surface area (Å²) in [6.45, 7) is 0. The van der Waals surface area contributed by atoms with Crippen molar-refractivity contribution in [2.45, 2.75) is 25.4 Å². The Balaban J connectivity index is 1.78. The van der Waals surface area contributed by atoms with Crippen molar-refractivity contribution in [3.05, 3.63) is 77.0 Å². The normalized spacial score (nSPS) is 13.8. The summed E-state index contributed by atoms with van der Waals surface area (Å²) in [5, 5.41) is 0.775. The summed E-state index contributed by atoms with van der Waals surface area (Å²) in [6.07, 6.45) is 1.65. The van der Waals surface area contributed by atoms with Gasteiger partial charge in [-0.25, -0.2) is 4.79 Å². The number of carbonyl (C=O) groups is 2. The van der Waals surface area contributed by atoms with Crippen LogP contribution in [0.4, 0.5) is 0 Å². The molecular formula is C23H22N2O3. The van der Waals surface area contributed by atoms with Gasteiger partial charge in [-0.05, 0) is 30.9 Å². The second-order valence-corrected chi connectivity index (χ2v) is 7.21. The number of benzene rings is 2. The van der Waals surface area contributed by atoms with Gasteiger partial charge in [-0.3, -0.25) is 9.78 Å². The van der Waals surface area contributed by atoms with Crippen LogP contribution in [0.2, 0.25) is 0 Å². The summed E-state index contributed by atoms with van der Waals surface area (Å²) in [5.74, 6) is -0.740. The number of hydrogen-bond acceptors (Lipinski definition) is 4. The van der Waals surface area contributed by atoms with Crippen molar-refractivity contribution in [2.24, 2.45) is 0 Å². The molecule has 28 heavy (non-hydrogen) atoms. The van der Waals surface area contributed by atoms with E-state index in [4.69, 9.17) is 9.72 Å². The summed E-state index contributed by atoms with van der Waals surface area (Å²) in [5.41, 5.74) is 3.90. The lowest BCUT2D eigenvalue weighted by Crippen LogP contribution is -2.31. The Morgan fingerprint density at radius 1 is 1.00 bits per heavy atom. The molecule has 3 aromatic rings. The number of fused-ring (bicyclic) bond motifs is 2. The highest BCUT2D eigenvalue weighted by Gasteiger charge is 2.30. The average Bonchev–Trinajstić information content (AvgIpc) is 3.18. The number of pyridine rings is 1. The topological polar surface area (TPSA) is 59.5 Å². The minimum Gasteiger partial charge on any atom is -0.444 e. The smallest absolute Gasteiger partial charge is 0.340 e. The van der Waals surface area contributed by atoms with Crippen LogP contribution in [0, 0.1) is 0 Å². The van der Waals surface area contributed by atoms with Crippen molar-refractivity contribution >= 4 is 22.8 Å². The number of carbonyl (C=O) groups excluding carboxylic acids is 2. The lowest BCUT2D eigenvalue weighted by Gasteiger charge is -2.22. The van der Waals surface area contributed by atoms with Gasteiger partial charge < -0.3 is 9.64 Å². The fourth-order valence-corrected chi connectivity index (χ4v) is 3.73. The second-order valence-electron chi connectivity index (χ2n) is 7.21. The third-order valence-corrected chi connectivity index (χ3v) is 5.12. The van der Waals surface area contributed by atoms with Gasteiger partial charge in [-0.2, -0.15) is 0 Å². The number of likely N-dealkylation sites (N-methyl/N-ethyl adjacent to an activating group) is 1. The number of ether oxygens (including phenoxy) is 1. The molecule has 5 nitrogen and oxygen atoms in total. The molecule has 0 bridgehead atoms. The molecule has 1 aliphatic rings. The van der Waals surface area contributed by atoms with Crippen molar-refractivity contribution in [3.63, 3.8) is 0 Å². The zero-order valence-corrected chi connectivity index (χ0v) is 16.0. The molecule has 1 heterocycles. The molecule has 0 aliphatic heterocycles. The Hall–Kier alpha value is -3.21. The van der Waals surface area contributed by atoms with Crippen LogP contribution in [0.15, 0.2) is 54.6 Å². The number of rotatable bonds is 4. The van der Waals surface area contributed by atoms with E-state index in [-0.39, 0.29) is 5.91 Å². The number of para-hydroxylation sites is 1. The molecule has 142 valence electrons. The number of aromatic nitrogens is 1. The minimum atomic E-state index is -0.979. The quantitative estimate of drug-likeness (QED) is 0.653. The van der Waals surface area contributed by atoms with E-state index in [1.54, 1.807) is 26.2 Å². The van der Waals surface area contributed by atoms with E-state index in [0.717, 1.165) is 41.4 Å². The molecule has 1 atom stereocenters. The summed E-state index contributed by atoms with van der Waals surface area (Å²) in [6, 6.07) is 16.7. The molecule has 0 N–H and O–H groups in total. The predicted molar refractivity (Wildman–Crippen MR) is 107 cm³/mol. The molecule has 1 amide bonds. The van der Waals surface area contributed by atoms with Crippen molar-refractivity contribution in [2.75, 3.05) is 14.1 Å². The van der Waals surface area contributed by atoms with Gasteiger partial charge in [0.1, 0.15) is 0 Å². The monoisotopic (exact) mass is 374 g/mol. The molecule has 1 aliphatic carbocycles. The van der Waals surface area contributed by atoms with E-state index in [9.17, 15) is 9.59 Å². The van der Waals surface area contributed by atoms with Gasteiger partial charge in [0.15, 0.2) is 0 Å². The first-order valence-electron chi connectivity index (χ1n) is 9.44. The fourth-order valence-electron chi connectivity index (χ4n) is 3.73. The van der Waals surface area contributed by atoms with Gasteiger partial charge >= 0.3 is 5.97 Å². The first kappa shape index (κ1) is 18.2. The summed E-state index contributed by atoms with van der Waals surface area (Å²) in [4.78, 5) is 32.2. The highest BCUT2D eigenvalue weighted by Crippen LogP contribution is 2.32. The Morgan fingerprint density at radius 2 is 1.71 bits per heavy atom.